The van der Waals surface area contributed by atoms with Gasteiger partial charge in [0, 0.05) is 36.6 Å². The monoisotopic (exact) mass is 354 g/mol. The average Bonchev–Trinajstić information content (AvgIpc) is 3.14. The molecule has 1 saturated heterocycles. The molecule has 5 heteroatoms. The first-order valence-electron chi connectivity index (χ1n) is 9.88. The van der Waals surface area contributed by atoms with Gasteiger partial charge in [-0.05, 0) is 56.8 Å². The number of anilines is 1. The zero-order valence-corrected chi connectivity index (χ0v) is 15.7. The van der Waals surface area contributed by atoms with E-state index in [4.69, 9.17) is 0 Å². The summed E-state index contributed by atoms with van der Waals surface area (Å²) in [5.41, 5.74) is 1.89. The highest BCUT2D eigenvalue weighted by molar-refractivity contribution is 5.91. The van der Waals surface area contributed by atoms with Crippen LogP contribution >= 0.6 is 0 Å². The molecule has 0 unspecified atom stereocenters. The molecular weight excluding hydrogens is 324 g/mol. The molecule has 2 heterocycles. The second-order valence-corrected chi connectivity index (χ2v) is 7.16. The minimum absolute atomic E-state index is 0.106. The Hall–Kier alpha value is -2.14. The maximum Gasteiger partial charge on any atom is 0.224 e. The zero-order valence-electron chi connectivity index (χ0n) is 15.7. The lowest BCUT2D eigenvalue weighted by Gasteiger charge is -2.22. The van der Waals surface area contributed by atoms with Gasteiger partial charge in [0.25, 0.3) is 0 Å². The number of carbonyl (C=O) groups is 1. The van der Waals surface area contributed by atoms with Crippen molar-refractivity contribution in [1.29, 1.82) is 0 Å². The first kappa shape index (κ1) is 18.6. The third-order valence-corrected chi connectivity index (χ3v) is 5.11. The van der Waals surface area contributed by atoms with Gasteiger partial charge in [-0.1, -0.05) is 25.5 Å². The van der Waals surface area contributed by atoms with Gasteiger partial charge in [0.2, 0.25) is 5.91 Å². The molecule has 0 spiro atoms. The predicted molar refractivity (Wildman–Crippen MR) is 106 cm³/mol. The number of hydrogen-bond acceptors (Lipinski definition) is 3. The topological polar surface area (TPSA) is 59.0 Å². The number of aryl methyl sites for hydroxylation is 1. The lowest BCUT2D eigenvalue weighted by atomic mass is 9.93. The van der Waals surface area contributed by atoms with Crippen molar-refractivity contribution in [2.75, 3.05) is 18.4 Å². The first-order chi connectivity index (χ1) is 12.8. The van der Waals surface area contributed by atoms with Gasteiger partial charge in [-0.15, -0.1) is 0 Å². The van der Waals surface area contributed by atoms with Crippen molar-refractivity contribution < 1.29 is 4.79 Å². The third-order valence-electron chi connectivity index (χ3n) is 5.11. The summed E-state index contributed by atoms with van der Waals surface area (Å²) in [6, 6.07) is 8.00. The SMILES string of the molecule is CCCCn1ccnc1-c1cccc(NC(=O)CCC2CCNCC2)c1. The Labute approximate surface area is 156 Å². The molecule has 140 valence electrons. The molecule has 0 aliphatic carbocycles. The highest BCUT2D eigenvalue weighted by Crippen LogP contribution is 2.23. The first-order valence-corrected chi connectivity index (χ1v) is 9.88. The zero-order chi connectivity index (χ0) is 18.2. The van der Waals surface area contributed by atoms with Gasteiger partial charge in [0.15, 0.2) is 0 Å². The Morgan fingerprint density at radius 2 is 2.19 bits per heavy atom. The van der Waals surface area contributed by atoms with E-state index >= 15 is 0 Å². The number of carbonyl (C=O) groups excluding carboxylic acids is 1. The van der Waals surface area contributed by atoms with E-state index in [0.29, 0.717) is 12.3 Å². The van der Waals surface area contributed by atoms with E-state index in [1.807, 2.05) is 30.6 Å². The van der Waals surface area contributed by atoms with Crippen LogP contribution in [0.2, 0.25) is 0 Å². The van der Waals surface area contributed by atoms with Gasteiger partial charge in [0.1, 0.15) is 5.82 Å². The Morgan fingerprint density at radius 1 is 1.35 bits per heavy atom. The van der Waals surface area contributed by atoms with Gasteiger partial charge in [-0.3, -0.25) is 4.79 Å². The molecule has 2 aromatic rings. The average molecular weight is 354 g/mol. The molecule has 0 atom stereocenters. The highest BCUT2D eigenvalue weighted by Gasteiger charge is 2.15. The van der Waals surface area contributed by atoms with Gasteiger partial charge in [-0.25, -0.2) is 4.98 Å². The van der Waals surface area contributed by atoms with Gasteiger partial charge in [-0.2, -0.15) is 0 Å². The minimum Gasteiger partial charge on any atom is -0.331 e. The van der Waals surface area contributed by atoms with Crippen LogP contribution in [-0.2, 0) is 11.3 Å². The molecule has 1 aliphatic heterocycles. The fraction of sp³-hybridized carbons (Fsp3) is 0.524. The van der Waals surface area contributed by atoms with Crippen molar-refractivity contribution in [1.82, 2.24) is 14.9 Å². The quantitative estimate of drug-likeness (QED) is 0.751. The number of nitrogens with one attached hydrogen (secondary N) is 2. The van der Waals surface area contributed by atoms with Crippen LogP contribution in [-0.4, -0.2) is 28.5 Å². The van der Waals surface area contributed by atoms with E-state index in [1.54, 1.807) is 0 Å². The summed E-state index contributed by atoms with van der Waals surface area (Å²) < 4.78 is 2.18. The second kappa shape index (κ2) is 9.53. The molecule has 2 N–H and O–H groups in total. The summed E-state index contributed by atoms with van der Waals surface area (Å²) in [6.45, 7) is 5.33. The van der Waals surface area contributed by atoms with E-state index in [2.05, 4.69) is 33.2 Å². The van der Waals surface area contributed by atoms with Crippen LogP contribution in [0.5, 0.6) is 0 Å². The van der Waals surface area contributed by atoms with E-state index in [0.717, 1.165) is 56.0 Å². The molecular formula is C21H30N4O. The summed E-state index contributed by atoms with van der Waals surface area (Å²) in [7, 11) is 0. The standard InChI is InChI=1S/C21H30N4O/c1-2-3-14-25-15-13-23-21(25)18-5-4-6-19(16-18)24-20(26)8-7-17-9-11-22-12-10-17/h4-6,13,15-17,22H,2-3,7-12,14H2,1H3,(H,24,26). The number of nitrogens with zero attached hydrogens (tertiary/aromatic N) is 2. The number of aromatic nitrogens is 2. The number of piperidine rings is 1. The summed E-state index contributed by atoms with van der Waals surface area (Å²) in [6.07, 6.45) is 10.1. The van der Waals surface area contributed by atoms with Crippen molar-refractivity contribution in [3.05, 3.63) is 36.7 Å². The molecule has 3 rings (SSSR count). The van der Waals surface area contributed by atoms with E-state index in [1.165, 1.54) is 12.8 Å². The van der Waals surface area contributed by atoms with Crippen molar-refractivity contribution in [2.24, 2.45) is 5.92 Å². The van der Waals surface area contributed by atoms with Crippen molar-refractivity contribution in [2.45, 2.75) is 52.0 Å². The van der Waals surface area contributed by atoms with Crippen molar-refractivity contribution in [3.8, 4) is 11.4 Å². The molecule has 0 bridgehead atoms. The Bertz CT molecular complexity index is 704. The molecule has 1 aliphatic rings. The van der Waals surface area contributed by atoms with Crippen LogP contribution in [0.1, 0.15) is 45.4 Å². The van der Waals surface area contributed by atoms with Crippen molar-refractivity contribution in [3.63, 3.8) is 0 Å². The highest BCUT2D eigenvalue weighted by atomic mass is 16.1. The lowest BCUT2D eigenvalue weighted by Crippen LogP contribution is -2.28. The van der Waals surface area contributed by atoms with Crippen LogP contribution in [0.4, 0.5) is 5.69 Å². The van der Waals surface area contributed by atoms with Crippen LogP contribution in [0.3, 0.4) is 0 Å². The third kappa shape index (κ3) is 5.18. The van der Waals surface area contributed by atoms with Gasteiger partial charge < -0.3 is 15.2 Å². The smallest absolute Gasteiger partial charge is 0.224 e. The predicted octanol–water partition coefficient (Wildman–Crippen LogP) is 4.07. The van der Waals surface area contributed by atoms with Gasteiger partial charge >= 0.3 is 0 Å². The number of rotatable bonds is 8. The fourth-order valence-electron chi connectivity index (χ4n) is 3.54. The number of unbranched alkanes of at least 4 members (excludes halogenated alkanes) is 1. The molecule has 1 aromatic heterocycles. The van der Waals surface area contributed by atoms with Crippen LogP contribution < -0.4 is 10.6 Å². The Morgan fingerprint density at radius 3 is 3.00 bits per heavy atom. The Kier molecular flexibility index (Phi) is 6.83. The summed E-state index contributed by atoms with van der Waals surface area (Å²) in [5, 5.41) is 6.43. The van der Waals surface area contributed by atoms with Crippen molar-refractivity contribution >= 4 is 11.6 Å². The fourth-order valence-corrected chi connectivity index (χ4v) is 3.54. The molecule has 1 aromatic carbocycles. The molecule has 1 fully saturated rings. The molecule has 5 nitrogen and oxygen atoms in total. The molecule has 1 amide bonds. The molecule has 26 heavy (non-hydrogen) atoms. The second-order valence-electron chi connectivity index (χ2n) is 7.16. The van der Waals surface area contributed by atoms with E-state index < -0.39 is 0 Å². The lowest BCUT2D eigenvalue weighted by molar-refractivity contribution is -0.116. The number of hydrogen-bond donors (Lipinski definition) is 2. The normalized spacial score (nSPS) is 15.1. The van der Waals surface area contributed by atoms with Crippen LogP contribution in [0.25, 0.3) is 11.4 Å². The maximum atomic E-state index is 12.3. The number of amides is 1. The minimum atomic E-state index is 0.106. The summed E-state index contributed by atoms with van der Waals surface area (Å²) >= 11 is 0. The Balaban J connectivity index is 1.58. The van der Waals surface area contributed by atoms with E-state index in [-0.39, 0.29) is 5.91 Å². The number of imidazole rings is 1. The maximum absolute atomic E-state index is 12.3. The summed E-state index contributed by atoms with van der Waals surface area (Å²) in [4.78, 5) is 16.8. The van der Waals surface area contributed by atoms with Gasteiger partial charge in [0.05, 0.1) is 0 Å². The largest absolute Gasteiger partial charge is 0.331 e. The van der Waals surface area contributed by atoms with E-state index in [9.17, 15) is 4.79 Å². The van der Waals surface area contributed by atoms with Crippen LogP contribution in [0, 0.1) is 5.92 Å². The molecule has 0 radical (unpaired) electrons. The van der Waals surface area contributed by atoms with Crippen LogP contribution in [0.15, 0.2) is 36.7 Å². The molecule has 0 saturated carbocycles. The number of benzene rings is 1. The summed E-state index contributed by atoms with van der Waals surface area (Å²) in [5.74, 6) is 1.75.